The molecule has 0 unspecified atom stereocenters. The van der Waals surface area contributed by atoms with Gasteiger partial charge in [0.2, 0.25) is 0 Å². The van der Waals surface area contributed by atoms with E-state index in [2.05, 4.69) is 9.88 Å². The smallest absolute Gasteiger partial charge is 0.329 e. The summed E-state index contributed by atoms with van der Waals surface area (Å²) in [7, 11) is 0. The number of hydrogen-bond acceptors (Lipinski definition) is 4. The van der Waals surface area contributed by atoms with E-state index >= 15 is 0 Å². The number of hydrogen-bond donors (Lipinski definition) is 1. The van der Waals surface area contributed by atoms with Crippen LogP contribution >= 0.6 is 11.6 Å². The van der Waals surface area contributed by atoms with Crippen LogP contribution in [0.25, 0.3) is 0 Å². The molecule has 1 aromatic heterocycles. The van der Waals surface area contributed by atoms with Gasteiger partial charge in [0, 0.05) is 49.5 Å². The molecule has 2 heterocycles. The molecule has 2 aromatic rings. The number of benzene rings is 1. The molecular formula is C17H21ClN4O2. The zero-order chi connectivity index (χ0) is 17.1. The summed E-state index contributed by atoms with van der Waals surface area (Å²) in [5.74, 6) is 0.600. The summed E-state index contributed by atoms with van der Waals surface area (Å²) >= 11 is 6.05. The van der Waals surface area contributed by atoms with E-state index in [0.717, 1.165) is 43.3 Å². The molecule has 1 N–H and O–H groups in total. The lowest BCUT2D eigenvalue weighted by molar-refractivity contribution is 0.602. The van der Waals surface area contributed by atoms with Gasteiger partial charge in [-0.2, -0.15) is 0 Å². The normalized spacial score (nSPS) is 14.9. The first-order valence-electron chi connectivity index (χ1n) is 8.18. The molecule has 6 nitrogen and oxygen atoms in total. The Labute approximate surface area is 145 Å². The lowest BCUT2D eigenvalue weighted by atomic mass is 10.2. The van der Waals surface area contributed by atoms with Crippen molar-refractivity contribution in [3.8, 4) is 0 Å². The van der Waals surface area contributed by atoms with Gasteiger partial charge < -0.3 is 9.80 Å². The van der Waals surface area contributed by atoms with Crippen molar-refractivity contribution >= 4 is 23.1 Å². The second-order valence-electron chi connectivity index (χ2n) is 5.90. The van der Waals surface area contributed by atoms with Crippen LogP contribution in [0.5, 0.6) is 0 Å². The molecule has 1 aromatic carbocycles. The summed E-state index contributed by atoms with van der Waals surface area (Å²) in [5, 5.41) is 0.721. The minimum absolute atomic E-state index is 0.243. The Morgan fingerprint density at radius 1 is 1.08 bits per heavy atom. The third-order valence-electron chi connectivity index (χ3n) is 4.25. The highest BCUT2D eigenvalue weighted by atomic mass is 35.5. The lowest BCUT2D eigenvalue weighted by Crippen LogP contribution is -2.48. The van der Waals surface area contributed by atoms with E-state index in [1.807, 2.05) is 36.1 Å². The Hall–Kier alpha value is -2.21. The van der Waals surface area contributed by atoms with Crippen LogP contribution in [0.4, 0.5) is 11.5 Å². The summed E-state index contributed by atoms with van der Waals surface area (Å²) in [6.45, 7) is 5.46. The van der Waals surface area contributed by atoms with E-state index in [4.69, 9.17) is 11.6 Å². The van der Waals surface area contributed by atoms with Crippen LogP contribution in [0.1, 0.15) is 13.3 Å². The topological polar surface area (TPSA) is 61.3 Å². The van der Waals surface area contributed by atoms with Gasteiger partial charge in [-0.1, -0.05) is 24.6 Å². The van der Waals surface area contributed by atoms with E-state index in [9.17, 15) is 9.59 Å². The number of piperazine rings is 1. The minimum Gasteiger partial charge on any atom is -0.368 e. The van der Waals surface area contributed by atoms with E-state index in [0.29, 0.717) is 12.4 Å². The van der Waals surface area contributed by atoms with Crippen LogP contribution in [0.3, 0.4) is 0 Å². The lowest BCUT2D eigenvalue weighted by Gasteiger charge is -2.37. The Morgan fingerprint density at radius 3 is 2.42 bits per heavy atom. The highest BCUT2D eigenvalue weighted by molar-refractivity contribution is 6.30. The number of rotatable bonds is 4. The van der Waals surface area contributed by atoms with Gasteiger partial charge >= 0.3 is 5.69 Å². The standard InChI is InChI=1S/C17H21ClN4O2/c1-2-6-22-16(23)12-15(19-17(22)24)21-9-7-20(8-10-21)14-5-3-4-13(18)11-14/h3-5,11-12H,2,6-10H2,1H3,(H,19,24). The van der Waals surface area contributed by atoms with Crippen LogP contribution in [0.15, 0.2) is 39.9 Å². The van der Waals surface area contributed by atoms with Gasteiger partial charge in [-0.3, -0.25) is 14.3 Å². The van der Waals surface area contributed by atoms with Gasteiger partial charge in [-0.15, -0.1) is 0 Å². The Morgan fingerprint density at radius 2 is 1.79 bits per heavy atom. The van der Waals surface area contributed by atoms with Crippen LogP contribution in [-0.4, -0.2) is 35.7 Å². The number of nitrogens with one attached hydrogen (secondary N) is 1. The molecule has 128 valence electrons. The molecule has 0 spiro atoms. The molecule has 0 aliphatic carbocycles. The third-order valence-corrected chi connectivity index (χ3v) is 4.48. The number of H-pyrrole nitrogens is 1. The molecule has 3 rings (SSSR count). The number of anilines is 2. The van der Waals surface area contributed by atoms with Crippen molar-refractivity contribution in [2.75, 3.05) is 36.0 Å². The zero-order valence-electron chi connectivity index (χ0n) is 13.7. The second-order valence-corrected chi connectivity index (χ2v) is 6.34. The van der Waals surface area contributed by atoms with Crippen molar-refractivity contribution in [2.24, 2.45) is 0 Å². The number of halogens is 1. The van der Waals surface area contributed by atoms with Crippen LogP contribution in [0, 0.1) is 0 Å². The minimum atomic E-state index is -0.336. The molecule has 1 aliphatic rings. The van der Waals surface area contributed by atoms with E-state index in [1.165, 1.54) is 10.6 Å². The van der Waals surface area contributed by atoms with Gasteiger partial charge in [0.25, 0.3) is 5.56 Å². The summed E-state index contributed by atoms with van der Waals surface area (Å²) < 4.78 is 1.24. The van der Waals surface area contributed by atoms with Gasteiger partial charge in [0.1, 0.15) is 5.82 Å². The molecule has 7 heteroatoms. The largest absolute Gasteiger partial charge is 0.368 e. The number of aromatic amines is 1. The highest BCUT2D eigenvalue weighted by Gasteiger charge is 2.19. The van der Waals surface area contributed by atoms with Crippen molar-refractivity contribution in [3.63, 3.8) is 0 Å². The van der Waals surface area contributed by atoms with Gasteiger partial charge in [0.15, 0.2) is 0 Å². The SMILES string of the molecule is CCCn1c(=O)cc(N2CCN(c3cccc(Cl)c3)CC2)[nH]c1=O. The first-order valence-corrected chi connectivity index (χ1v) is 8.56. The molecule has 0 atom stereocenters. The fraction of sp³-hybridized carbons (Fsp3) is 0.412. The van der Waals surface area contributed by atoms with E-state index < -0.39 is 0 Å². The zero-order valence-corrected chi connectivity index (χ0v) is 14.4. The Kier molecular flexibility index (Phi) is 4.94. The van der Waals surface area contributed by atoms with Crippen molar-refractivity contribution in [2.45, 2.75) is 19.9 Å². The Bertz CT molecular complexity index is 791. The molecular weight excluding hydrogens is 328 g/mol. The summed E-state index contributed by atoms with van der Waals surface area (Å²) in [4.78, 5) is 31.3. The second kappa shape index (κ2) is 7.13. The van der Waals surface area contributed by atoms with E-state index in [1.54, 1.807) is 0 Å². The molecule has 0 bridgehead atoms. The molecule has 0 saturated carbocycles. The van der Waals surface area contributed by atoms with Crippen molar-refractivity contribution in [3.05, 3.63) is 56.2 Å². The fourth-order valence-corrected chi connectivity index (χ4v) is 3.18. The van der Waals surface area contributed by atoms with Gasteiger partial charge in [0.05, 0.1) is 0 Å². The molecule has 1 aliphatic heterocycles. The monoisotopic (exact) mass is 348 g/mol. The van der Waals surface area contributed by atoms with Crippen molar-refractivity contribution < 1.29 is 0 Å². The van der Waals surface area contributed by atoms with Crippen LogP contribution < -0.4 is 21.0 Å². The van der Waals surface area contributed by atoms with Crippen molar-refractivity contribution in [1.82, 2.24) is 9.55 Å². The number of aromatic nitrogens is 2. The molecule has 1 fully saturated rings. The van der Waals surface area contributed by atoms with Crippen LogP contribution in [0.2, 0.25) is 5.02 Å². The molecule has 0 amide bonds. The first-order chi connectivity index (χ1) is 11.6. The van der Waals surface area contributed by atoms with Crippen molar-refractivity contribution in [1.29, 1.82) is 0 Å². The maximum absolute atomic E-state index is 12.1. The van der Waals surface area contributed by atoms with Gasteiger partial charge in [-0.25, -0.2) is 4.79 Å². The highest BCUT2D eigenvalue weighted by Crippen LogP contribution is 2.21. The van der Waals surface area contributed by atoms with Gasteiger partial charge in [-0.05, 0) is 24.6 Å². The summed E-state index contributed by atoms with van der Waals surface area (Å²) in [5.41, 5.74) is 0.512. The van der Waals surface area contributed by atoms with E-state index in [-0.39, 0.29) is 11.2 Å². The molecule has 24 heavy (non-hydrogen) atoms. The average Bonchev–Trinajstić information content (AvgIpc) is 2.58. The predicted molar refractivity (Wildman–Crippen MR) is 97.5 cm³/mol. The summed E-state index contributed by atoms with van der Waals surface area (Å²) in [6.07, 6.45) is 0.751. The van der Waals surface area contributed by atoms with Crippen LogP contribution in [-0.2, 0) is 6.54 Å². The Balaban J connectivity index is 1.73. The predicted octanol–water partition coefficient (Wildman–Crippen LogP) is 1.93. The summed E-state index contributed by atoms with van der Waals surface area (Å²) in [6, 6.07) is 9.30. The maximum Gasteiger partial charge on any atom is 0.329 e. The average molecular weight is 349 g/mol. The quantitative estimate of drug-likeness (QED) is 0.917. The first kappa shape index (κ1) is 16.6. The molecule has 1 saturated heterocycles. The fourth-order valence-electron chi connectivity index (χ4n) is 2.99. The molecule has 0 radical (unpaired) electrons. The third kappa shape index (κ3) is 3.48. The maximum atomic E-state index is 12.1. The number of nitrogens with zero attached hydrogens (tertiary/aromatic N) is 3.